The highest BCUT2D eigenvalue weighted by Gasteiger charge is 2.28. The molecule has 0 atom stereocenters. The third-order valence-corrected chi connectivity index (χ3v) is 3.18. The second kappa shape index (κ2) is 4.03. The minimum absolute atomic E-state index is 0.415. The van der Waals surface area contributed by atoms with E-state index in [1.54, 1.807) is 29.1 Å². The second-order valence-electron chi connectivity index (χ2n) is 3.17. The lowest BCUT2D eigenvalue weighted by molar-refractivity contribution is 0.668. The first-order valence-corrected chi connectivity index (χ1v) is 5.82. The molecule has 0 bridgehead atoms. The van der Waals surface area contributed by atoms with Crippen LogP contribution < -0.4 is 3.07 Å². The molecule has 1 aliphatic carbocycles. The number of nitriles is 1. The number of hydrogen-bond acceptors (Lipinski definition) is 3. The zero-order chi connectivity index (χ0) is 10.1. The SMILES string of the molecule is N#Cc1cc(Br)c(C2CC2)nc1OI. The molecule has 1 heterocycles. The van der Waals surface area contributed by atoms with Crippen LogP contribution in [-0.4, -0.2) is 4.98 Å². The lowest BCUT2D eigenvalue weighted by Crippen LogP contribution is -1.94. The number of pyridine rings is 1. The minimum atomic E-state index is 0.415. The number of nitrogens with zero attached hydrogens (tertiary/aromatic N) is 2. The minimum Gasteiger partial charge on any atom is -0.407 e. The number of hydrogen-bond donors (Lipinski definition) is 0. The van der Waals surface area contributed by atoms with Crippen molar-refractivity contribution >= 4 is 38.9 Å². The maximum absolute atomic E-state index is 8.82. The van der Waals surface area contributed by atoms with Crippen molar-refractivity contribution < 1.29 is 3.07 Å². The summed E-state index contributed by atoms with van der Waals surface area (Å²) in [6.45, 7) is 0. The molecule has 0 aliphatic heterocycles. The summed E-state index contributed by atoms with van der Waals surface area (Å²) in [6, 6.07) is 3.82. The molecule has 0 N–H and O–H groups in total. The summed E-state index contributed by atoms with van der Waals surface area (Å²) in [4.78, 5) is 4.32. The summed E-state index contributed by atoms with van der Waals surface area (Å²) >= 11 is 5.17. The molecule has 0 radical (unpaired) electrons. The van der Waals surface area contributed by atoms with Gasteiger partial charge in [-0.05, 0) is 34.8 Å². The van der Waals surface area contributed by atoms with Crippen LogP contribution in [0.5, 0.6) is 5.88 Å². The predicted molar refractivity (Wildman–Crippen MR) is 63.3 cm³/mol. The molecular weight excluding hydrogens is 359 g/mol. The van der Waals surface area contributed by atoms with E-state index in [1.807, 2.05) is 0 Å². The lowest BCUT2D eigenvalue weighted by atomic mass is 10.2. The first-order chi connectivity index (χ1) is 6.76. The first kappa shape index (κ1) is 10.2. The summed E-state index contributed by atoms with van der Waals surface area (Å²) in [5.74, 6) is 0.959. The van der Waals surface area contributed by atoms with Crippen molar-refractivity contribution in [1.29, 1.82) is 5.26 Å². The van der Waals surface area contributed by atoms with Crippen LogP contribution in [0.25, 0.3) is 0 Å². The Labute approximate surface area is 104 Å². The van der Waals surface area contributed by atoms with E-state index in [0.29, 0.717) is 17.4 Å². The zero-order valence-electron chi connectivity index (χ0n) is 7.13. The van der Waals surface area contributed by atoms with Crippen molar-refractivity contribution in [3.8, 4) is 11.9 Å². The molecule has 1 saturated carbocycles. The average Bonchev–Trinajstić information content (AvgIpc) is 3.01. The Hall–Kier alpha value is -0.350. The van der Waals surface area contributed by atoms with Gasteiger partial charge in [-0.3, -0.25) is 0 Å². The monoisotopic (exact) mass is 364 g/mol. The second-order valence-corrected chi connectivity index (χ2v) is 4.47. The van der Waals surface area contributed by atoms with E-state index in [4.69, 9.17) is 8.33 Å². The number of aromatic nitrogens is 1. The fourth-order valence-electron chi connectivity index (χ4n) is 1.27. The molecule has 14 heavy (non-hydrogen) atoms. The van der Waals surface area contributed by atoms with Crippen LogP contribution in [0.15, 0.2) is 10.5 Å². The highest BCUT2D eigenvalue weighted by atomic mass is 127. The van der Waals surface area contributed by atoms with Gasteiger partial charge >= 0.3 is 0 Å². The van der Waals surface area contributed by atoms with Gasteiger partial charge in [0.15, 0.2) is 23.0 Å². The molecular formula is C9H6BrIN2O. The van der Waals surface area contributed by atoms with E-state index < -0.39 is 0 Å². The maximum Gasteiger partial charge on any atom is 0.242 e. The fourth-order valence-corrected chi connectivity index (χ4v) is 2.24. The van der Waals surface area contributed by atoms with E-state index in [1.165, 1.54) is 12.8 Å². The molecule has 1 aliphatic rings. The molecule has 0 amide bonds. The third-order valence-electron chi connectivity index (χ3n) is 2.13. The zero-order valence-corrected chi connectivity index (χ0v) is 10.9. The van der Waals surface area contributed by atoms with Gasteiger partial charge < -0.3 is 3.07 Å². The standard InChI is InChI=1S/C9H6BrIN2O/c10-7-3-6(4-12)9(14-11)13-8(7)5-1-2-5/h3,5H,1-2H2. The van der Waals surface area contributed by atoms with Gasteiger partial charge in [-0.25, -0.2) is 4.98 Å². The van der Waals surface area contributed by atoms with Crippen LogP contribution in [0.4, 0.5) is 0 Å². The van der Waals surface area contributed by atoms with Gasteiger partial charge in [0.25, 0.3) is 0 Å². The van der Waals surface area contributed by atoms with Crippen LogP contribution >= 0.6 is 38.9 Å². The van der Waals surface area contributed by atoms with Gasteiger partial charge in [-0.15, -0.1) is 0 Å². The predicted octanol–water partition coefficient (Wildman–Crippen LogP) is 3.32. The summed E-state index contributed by atoms with van der Waals surface area (Å²) in [7, 11) is 0. The van der Waals surface area contributed by atoms with Gasteiger partial charge in [0.2, 0.25) is 5.88 Å². The molecule has 1 aromatic rings. The number of rotatable bonds is 2. The molecule has 72 valence electrons. The van der Waals surface area contributed by atoms with Crippen LogP contribution in [0, 0.1) is 11.3 Å². The summed E-state index contributed by atoms with van der Waals surface area (Å²) in [5.41, 5.74) is 1.48. The van der Waals surface area contributed by atoms with Crippen LogP contribution in [0.2, 0.25) is 0 Å². The van der Waals surface area contributed by atoms with Gasteiger partial charge in [-0.1, -0.05) is 0 Å². The summed E-state index contributed by atoms with van der Waals surface area (Å²) in [6.07, 6.45) is 2.36. The normalized spacial score (nSPS) is 14.9. The van der Waals surface area contributed by atoms with Gasteiger partial charge in [0.05, 0.1) is 5.69 Å². The largest absolute Gasteiger partial charge is 0.407 e. The summed E-state index contributed by atoms with van der Waals surface area (Å²) < 4.78 is 5.94. The molecule has 3 nitrogen and oxygen atoms in total. The van der Waals surface area contributed by atoms with Gasteiger partial charge in [-0.2, -0.15) is 5.26 Å². The molecule has 1 aromatic heterocycles. The molecule has 0 spiro atoms. The van der Waals surface area contributed by atoms with Crippen molar-refractivity contribution in [3.05, 3.63) is 21.8 Å². The van der Waals surface area contributed by atoms with Crippen molar-refractivity contribution in [2.75, 3.05) is 0 Å². The van der Waals surface area contributed by atoms with Crippen LogP contribution in [0.1, 0.15) is 30.0 Å². The smallest absolute Gasteiger partial charge is 0.242 e. The summed E-state index contributed by atoms with van der Waals surface area (Å²) in [5, 5.41) is 8.82. The fraction of sp³-hybridized carbons (Fsp3) is 0.333. The van der Waals surface area contributed by atoms with E-state index in [2.05, 4.69) is 27.0 Å². The highest BCUT2D eigenvalue weighted by molar-refractivity contribution is 14.1. The highest BCUT2D eigenvalue weighted by Crippen LogP contribution is 2.43. The van der Waals surface area contributed by atoms with Crippen molar-refractivity contribution in [1.82, 2.24) is 4.98 Å². The van der Waals surface area contributed by atoms with Crippen LogP contribution in [-0.2, 0) is 0 Å². The van der Waals surface area contributed by atoms with E-state index in [9.17, 15) is 0 Å². The molecule has 0 saturated heterocycles. The first-order valence-electron chi connectivity index (χ1n) is 4.15. The molecule has 1 fully saturated rings. The Bertz CT molecular complexity index is 411. The topological polar surface area (TPSA) is 45.9 Å². The van der Waals surface area contributed by atoms with Crippen molar-refractivity contribution in [2.24, 2.45) is 0 Å². The van der Waals surface area contributed by atoms with Crippen LogP contribution in [0.3, 0.4) is 0 Å². The average molecular weight is 365 g/mol. The van der Waals surface area contributed by atoms with Gasteiger partial charge in [0.1, 0.15) is 11.6 Å². The molecule has 5 heteroatoms. The Morgan fingerprint density at radius 1 is 1.64 bits per heavy atom. The molecule has 0 aromatic carbocycles. The maximum atomic E-state index is 8.82. The lowest BCUT2D eigenvalue weighted by Gasteiger charge is -2.05. The van der Waals surface area contributed by atoms with Crippen molar-refractivity contribution in [2.45, 2.75) is 18.8 Å². The Balaban J connectivity index is 2.49. The van der Waals surface area contributed by atoms with E-state index in [-0.39, 0.29) is 0 Å². The van der Waals surface area contributed by atoms with E-state index >= 15 is 0 Å². The Morgan fingerprint density at radius 3 is 2.86 bits per heavy atom. The quantitative estimate of drug-likeness (QED) is 0.756. The van der Waals surface area contributed by atoms with E-state index in [0.717, 1.165) is 10.2 Å². The Morgan fingerprint density at radius 2 is 2.36 bits per heavy atom. The van der Waals surface area contributed by atoms with Crippen molar-refractivity contribution in [3.63, 3.8) is 0 Å². The van der Waals surface area contributed by atoms with Gasteiger partial charge in [0, 0.05) is 10.4 Å². The molecule has 0 unspecified atom stereocenters. The number of halogens is 2. The third kappa shape index (κ3) is 1.86. The Kier molecular flexibility index (Phi) is 2.93. The molecule has 2 rings (SSSR count).